The van der Waals surface area contributed by atoms with Crippen LogP contribution in [0.5, 0.6) is 5.75 Å². The maximum Gasteiger partial charge on any atom is 0.433 e. The number of methoxy groups -OCH3 is 1. The number of amides is 1. The summed E-state index contributed by atoms with van der Waals surface area (Å²) in [5.74, 6) is -0.0462. The molecule has 6 nitrogen and oxygen atoms in total. The number of hydrogen-bond donors (Lipinski definition) is 1. The Morgan fingerprint density at radius 2 is 1.72 bits per heavy atom. The summed E-state index contributed by atoms with van der Waals surface area (Å²) in [6.45, 7) is 3.80. The number of nitrogens with one attached hydrogen (secondary N) is 1. The summed E-state index contributed by atoms with van der Waals surface area (Å²) >= 11 is 0. The van der Waals surface area contributed by atoms with Crippen LogP contribution in [0.25, 0.3) is 16.9 Å². The standard InChI is InChI=1S/C23H19F3N4O2/c1-13-4-5-15(10-14(13)2)18-11-20(23(24,25)26)30-21(28-18)12-19(29-30)22(31)27-16-6-8-17(32-3)9-7-16/h4-12H,1-3H3,(H,27,31). The molecule has 0 spiro atoms. The van der Waals surface area contributed by atoms with Gasteiger partial charge in [-0.25, -0.2) is 9.50 Å². The van der Waals surface area contributed by atoms with Gasteiger partial charge in [-0.05, 0) is 61.4 Å². The fourth-order valence-corrected chi connectivity index (χ4v) is 3.21. The molecule has 0 saturated carbocycles. The van der Waals surface area contributed by atoms with Gasteiger partial charge in [-0.1, -0.05) is 12.1 Å². The molecule has 1 N–H and O–H groups in total. The Morgan fingerprint density at radius 3 is 2.34 bits per heavy atom. The normalized spacial score (nSPS) is 11.6. The second kappa shape index (κ2) is 7.99. The van der Waals surface area contributed by atoms with Crippen LogP contribution in [0.3, 0.4) is 0 Å². The van der Waals surface area contributed by atoms with E-state index in [2.05, 4.69) is 15.4 Å². The molecule has 0 radical (unpaired) electrons. The van der Waals surface area contributed by atoms with Gasteiger partial charge in [-0.3, -0.25) is 4.79 Å². The zero-order valence-electron chi connectivity index (χ0n) is 17.5. The largest absolute Gasteiger partial charge is 0.497 e. The van der Waals surface area contributed by atoms with Crippen molar-refractivity contribution >= 4 is 17.2 Å². The summed E-state index contributed by atoms with van der Waals surface area (Å²) in [6, 6.07) is 14.0. The molecule has 0 saturated heterocycles. The predicted molar refractivity (Wildman–Crippen MR) is 114 cm³/mol. The summed E-state index contributed by atoms with van der Waals surface area (Å²) in [4.78, 5) is 16.9. The Morgan fingerprint density at radius 1 is 1.00 bits per heavy atom. The van der Waals surface area contributed by atoms with E-state index in [9.17, 15) is 18.0 Å². The first kappa shape index (κ1) is 21.4. The number of halogens is 3. The highest BCUT2D eigenvalue weighted by Gasteiger charge is 2.35. The van der Waals surface area contributed by atoms with E-state index in [0.717, 1.165) is 17.2 Å². The molecule has 32 heavy (non-hydrogen) atoms. The molecule has 0 aliphatic rings. The van der Waals surface area contributed by atoms with Gasteiger partial charge in [0, 0.05) is 17.3 Å². The molecular formula is C23H19F3N4O2. The van der Waals surface area contributed by atoms with E-state index in [1.807, 2.05) is 19.9 Å². The summed E-state index contributed by atoms with van der Waals surface area (Å²) < 4.78 is 47.1. The number of fused-ring (bicyclic) bond motifs is 1. The summed E-state index contributed by atoms with van der Waals surface area (Å²) in [6.07, 6.45) is -4.69. The lowest BCUT2D eigenvalue weighted by molar-refractivity contribution is -0.142. The van der Waals surface area contributed by atoms with Crippen LogP contribution in [0.15, 0.2) is 54.6 Å². The highest BCUT2D eigenvalue weighted by atomic mass is 19.4. The molecule has 0 bridgehead atoms. The van der Waals surface area contributed by atoms with E-state index < -0.39 is 17.8 Å². The van der Waals surface area contributed by atoms with Gasteiger partial charge >= 0.3 is 6.18 Å². The Kier molecular flexibility index (Phi) is 5.33. The van der Waals surface area contributed by atoms with Crippen molar-refractivity contribution in [3.8, 4) is 17.0 Å². The number of rotatable bonds is 4. The molecule has 0 unspecified atom stereocenters. The Bertz CT molecular complexity index is 1310. The van der Waals surface area contributed by atoms with E-state index in [1.54, 1.807) is 36.4 Å². The Balaban J connectivity index is 1.75. The van der Waals surface area contributed by atoms with Gasteiger partial charge < -0.3 is 10.1 Å². The van der Waals surface area contributed by atoms with Crippen molar-refractivity contribution < 1.29 is 22.7 Å². The molecule has 0 aliphatic carbocycles. The smallest absolute Gasteiger partial charge is 0.433 e. The fourth-order valence-electron chi connectivity index (χ4n) is 3.21. The van der Waals surface area contributed by atoms with E-state index in [-0.39, 0.29) is 17.0 Å². The Hall–Kier alpha value is -3.88. The molecule has 2 aromatic heterocycles. The van der Waals surface area contributed by atoms with Crippen LogP contribution >= 0.6 is 0 Å². The minimum absolute atomic E-state index is 0.0760. The zero-order valence-corrected chi connectivity index (χ0v) is 17.5. The number of ether oxygens (including phenoxy) is 1. The number of benzene rings is 2. The van der Waals surface area contributed by atoms with E-state index in [0.29, 0.717) is 21.5 Å². The molecular weight excluding hydrogens is 421 g/mol. The van der Waals surface area contributed by atoms with Crippen molar-refractivity contribution in [3.05, 3.63) is 77.1 Å². The van der Waals surface area contributed by atoms with Gasteiger partial charge in [0.05, 0.1) is 12.8 Å². The monoisotopic (exact) mass is 440 g/mol. The molecule has 0 fully saturated rings. The second-order valence-electron chi connectivity index (χ2n) is 7.31. The quantitative estimate of drug-likeness (QED) is 0.468. The van der Waals surface area contributed by atoms with Crippen LogP contribution in [0.2, 0.25) is 0 Å². The van der Waals surface area contributed by atoms with E-state index in [4.69, 9.17) is 4.74 Å². The van der Waals surface area contributed by atoms with Gasteiger partial charge in [-0.15, -0.1) is 0 Å². The van der Waals surface area contributed by atoms with Crippen molar-refractivity contribution in [2.75, 3.05) is 12.4 Å². The summed E-state index contributed by atoms with van der Waals surface area (Å²) in [5, 5.41) is 6.48. The molecule has 1 amide bonds. The molecule has 0 atom stereocenters. The van der Waals surface area contributed by atoms with Crippen LogP contribution in [-0.4, -0.2) is 27.6 Å². The molecule has 4 aromatic rings. The van der Waals surface area contributed by atoms with Crippen LogP contribution < -0.4 is 10.1 Å². The van der Waals surface area contributed by atoms with Crippen molar-refractivity contribution in [3.63, 3.8) is 0 Å². The summed E-state index contributed by atoms with van der Waals surface area (Å²) in [7, 11) is 1.52. The molecule has 9 heteroatoms. The minimum Gasteiger partial charge on any atom is -0.497 e. The average Bonchev–Trinajstić information content (AvgIpc) is 3.19. The molecule has 0 aliphatic heterocycles. The third-order valence-electron chi connectivity index (χ3n) is 5.10. The number of alkyl halides is 3. The maximum absolute atomic E-state index is 13.8. The lowest BCUT2D eigenvalue weighted by atomic mass is 10.0. The van der Waals surface area contributed by atoms with Crippen LogP contribution in [-0.2, 0) is 6.18 Å². The lowest BCUT2D eigenvalue weighted by Crippen LogP contribution is -2.15. The third-order valence-corrected chi connectivity index (χ3v) is 5.10. The minimum atomic E-state index is -4.69. The number of carbonyl (C=O) groups excluding carboxylic acids is 1. The number of aromatic nitrogens is 3. The van der Waals surface area contributed by atoms with Crippen molar-refractivity contribution in [2.45, 2.75) is 20.0 Å². The zero-order chi connectivity index (χ0) is 23.0. The van der Waals surface area contributed by atoms with Crippen molar-refractivity contribution in [1.82, 2.24) is 14.6 Å². The second-order valence-corrected chi connectivity index (χ2v) is 7.31. The Labute approximate surface area is 181 Å². The van der Waals surface area contributed by atoms with E-state index in [1.165, 1.54) is 13.2 Å². The van der Waals surface area contributed by atoms with Gasteiger partial charge in [0.1, 0.15) is 5.75 Å². The maximum atomic E-state index is 13.8. The topological polar surface area (TPSA) is 68.5 Å². The average molecular weight is 440 g/mol. The lowest BCUT2D eigenvalue weighted by Gasteiger charge is -2.11. The predicted octanol–water partition coefficient (Wildman–Crippen LogP) is 5.29. The molecule has 2 aromatic carbocycles. The highest BCUT2D eigenvalue weighted by Crippen LogP contribution is 2.33. The molecule has 4 rings (SSSR count). The van der Waals surface area contributed by atoms with Gasteiger partial charge in [0.2, 0.25) is 0 Å². The molecule has 2 heterocycles. The number of nitrogens with zero attached hydrogens (tertiary/aromatic N) is 3. The van der Waals surface area contributed by atoms with Crippen molar-refractivity contribution in [1.29, 1.82) is 0 Å². The first-order chi connectivity index (χ1) is 15.2. The fraction of sp³-hybridized carbons (Fsp3) is 0.174. The number of aryl methyl sites for hydroxylation is 2. The third kappa shape index (κ3) is 4.14. The first-order valence-corrected chi connectivity index (χ1v) is 9.67. The molecule has 164 valence electrons. The van der Waals surface area contributed by atoms with Crippen LogP contribution in [0, 0.1) is 13.8 Å². The number of carbonyl (C=O) groups is 1. The van der Waals surface area contributed by atoms with E-state index >= 15 is 0 Å². The number of anilines is 1. The first-order valence-electron chi connectivity index (χ1n) is 9.67. The summed E-state index contributed by atoms with van der Waals surface area (Å²) in [5.41, 5.74) is 1.83. The highest BCUT2D eigenvalue weighted by molar-refractivity contribution is 6.03. The van der Waals surface area contributed by atoms with Gasteiger partial charge in [0.25, 0.3) is 5.91 Å². The van der Waals surface area contributed by atoms with Crippen LogP contribution in [0.4, 0.5) is 18.9 Å². The number of hydrogen-bond acceptors (Lipinski definition) is 4. The van der Waals surface area contributed by atoms with Gasteiger partial charge in [-0.2, -0.15) is 18.3 Å². The van der Waals surface area contributed by atoms with Crippen LogP contribution in [0.1, 0.15) is 27.3 Å². The van der Waals surface area contributed by atoms with Gasteiger partial charge in [0.15, 0.2) is 17.0 Å². The van der Waals surface area contributed by atoms with Crippen molar-refractivity contribution in [2.24, 2.45) is 0 Å². The SMILES string of the molecule is COc1ccc(NC(=O)c2cc3nc(-c4ccc(C)c(C)c4)cc(C(F)(F)F)n3n2)cc1.